The molecule has 0 fully saturated rings. The number of benzene rings is 2. The molecule has 0 amide bonds. The molecule has 3 rings (SSSR count). The SMILES string of the molecule is O=C(O)c1ccc(S(=O)(=O)NCCc2c[nH]c3ccccc23)cc1. The number of nitrogens with one attached hydrogen (secondary N) is 2. The summed E-state index contributed by atoms with van der Waals surface area (Å²) in [5.74, 6) is -1.09. The Morgan fingerprint density at radius 2 is 1.79 bits per heavy atom. The van der Waals surface area contributed by atoms with Gasteiger partial charge in [-0.1, -0.05) is 18.2 Å². The van der Waals surface area contributed by atoms with Gasteiger partial charge in [-0.15, -0.1) is 0 Å². The van der Waals surface area contributed by atoms with Crippen LogP contribution in [-0.4, -0.2) is 31.0 Å². The highest BCUT2D eigenvalue weighted by Gasteiger charge is 2.14. The number of hydrogen-bond donors (Lipinski definition) is 3. The number of H-pyrrole nitrogens is 1. The Hall–Kier alpha value is -2.64. The fraction of sp³-hybridized carbons (Fsp3) is 0.118. The number of aromatic amines is 1. The van der Waals surface area contributed by atoms with Crippen molar-refractivity contribution in [3.8, 4) is 0 Å². The Kier molecular flexibility index (Phi) is 4.37. The van der Waals surface area contributed by atoms with Crippen molar-refractivity contribution >= 4 is 26.9 Å². The Balaban J connectivity index is 1.68. The van der Waals surface area contributed by atoms with Crippen LogP contribution in [0.25, 0.3) is 10.9 Å². The first-order chi connectivity index (χ1) is 11.5. The van der Waals surface area contributed by atoms with Gasteiger partial charge in [0.15, 0.2) is 0 Å². The Labute approximate surface area is 139 Å². The second-order valence-electron chi connectivity index (χ2n) is 5.34. The number of aromatic carboxylic acids is 1. The second kappa shape index (κ2) is 6.46. The van der Waals surface area contributed by atoms with Gasteiger partial charge in [0.2, 0.25) is 10.0 Å². The second-order valence-corrected chi connectivity index (χ2v) is 7.10. The van der Waals surface area contributed by atoms with Gasteiger partial charge >= 0.3 is 5.97 Å². The number of aromatic nitrogens is 1. The van der Waals surface area contributed by atoms with Gasteiger partial charge in [0, 0.05) is 23.6 Å². The average Bonchev–Trinajstić information content (AvgIpc) is 2.98. The molecule has 2 aromatic carbocycles. The minimum atomic E-state index is -3.66. The van der Waals surface area contributed by atoms with Crippen molar-refractivity contribution in [3.05, 3.63) is 65.9 Å². The molecule has 0 radical (unpaired) electrons. The van der Waals surface area contributed by atoms with E-state index in [1.807, 2.05) is 30.5 Å². The number of rotatable bonds is 6. The summed E-state index contributed by atoms with van der Waals surface area (Å²) in [7, 11) is -3.66. The van der Waals surface area contributed by atoms with E-state index in [2.05, 4.69) is 9.71 Å². The first-order valence-corrected chi connectivity index (χ1v) is 8.84. The molecule has 0 bridgehead atoms. The van der Waals surface area contributed by atoms with Crippen molar-refractivity contribution in [2.24, 2.45) is 0 Å². The molecule has 124 valence electrons. The average molecular weight is 344 g/mol. The maximum absolute atomic E-state index is 12.2. The monoisotopic (exact) mass is 344 g/mol. The van der Waals surface area contributed by atoms with E-state index in [0.29, 0.717) is 6.42 Å². The highest BCUT2D eigenvalue weighted by atomic mass is 32.2. The van der Waals surface area contributed by atoms with Gasteiger partial charge in [-0.3, -0.25) is 0 Å². The number of fused-ring (bicyclic) bond motifs is 1. The molecule has 0 aliphatic carbocycles. The van der Waals surface area contributed by atoms with Crippen molar-refractivity contribution in [1.82, 2.24) is 9.71 Å². The van der Waals surface area contributed by atoms with Gasteiger partial charge in [-0.25, -0.2) is 17.9 Å². The lowest BCUT2D eigenvalue weighted by atomic mass is 10.1. The Morgan fingerprint density at radius 1 is 1.08 bits per heavy atom. The lowest BCUT2D eigenvalue weighted by Crippen LogP contribution is -2.26. The van der Waals surface area contributed by atoms with Crippen molar-refractivity contribution in [2.45, 2.75) is 11.3 Å². The van der Waals surface area contributed by atoms with Crippen LogP contribution >= 0.6 is 0 Å². The molecular formula is C17H16N2O4S. The number of carboxylic acids is 1. The zero-order valence-corrected chi connectivity index (χ0v) is 13.5. The van der Waals surface area contributed by atoms with Crippen molar-refractivity contribution in [3.63, 3.8) is 0 Å². The van der Waals surface area contributed by atoms with Gasteiger partial charge in [-0.05, 0) is 42.3 Å². The van der Waals surface area contributed by atoms with E-state index >= 15 is 0 Å². The van der Waals surface area contributed by atoms with Crippen LogP contribution in [0.1, 0.15) is 15.9 Å². The summed E-state index contributed by atoms with van der Waals surface area (Å²) in [4.78, 5) is 14.0. The third kappa shape index (κ3) is 3.32. The summed E-state index contributed by atoms with van der Waals surface area (Å²) >= 11 is 0. The van der Waals surface area contributed by atoms with Crippen LogP contribution in [0, 0.1) is 0 Å². The lowest BCUT2D eigenvalue weighted by molar-refractivity contribution is 0.0696. The number of para-hydroxylation sites is 1. The molecule has 6 nitrogen and oxygen atoms in total. The van der Waals surface area contributed by atoms with E-state index in [4.69, 9.17) is 5.11 Å². The maximum atomic E-state index is 12.2. The summed E-state index contributed by atoms with van der Waals surface area (Å²) in [6.45, 7) is 0.255. The molecule has 0 unspecified atom stereocenters. The quantitative estimate of drug-likeness (QED) is 0.639. The molecule has 1 aromatic heterocycles. The first-order valence-electron chi connectivity index (χ1n) is 7.35. The van der Waals surface area contributed by atoms with E-state index in [1.165, 1.54) is 24.3 Å². The van der Waals surface area contributed by atoms with Gasteiger partial charge in [0.25, 0.3) is 0 Å². The molecule has 7 heteroatoms. The topological polar surface area (TPSA) is 99.3 Å². The van der Waals surface area contributed by atoms with Crippen LogP contribution < -0.4 is 4.72 Å². The molecule has 3 aromatic rings. The first kappa shape index (κ1) is 16.2. The Bertz CT molecular complexity index is 975. The van der Waals surface area contributed by atoms with Crippen molar-refractivity contribution in [2.75, 3.05) is 6.54 Å². The molecule has 0 atom stereocenters. The molecule has 0 saturated heterocycles. The number of carbonyl (C=O) groups is 1. The Morgan fingerprint density at radius 3 is 2.50 bits per heavy atom. The van der Waals surface area contributed by atoms with Crippen molar-refractivity contribution < 1.29 is 18.3 Å². The van der Waals surface area contributed by atoms with Gasteiger partial charge in [-0.2, -0.15) is 0 Å². The van der Waals surface area contributed by atoms with Crippen LogP contribution in [0.2, 0.25) is 0 Å². The van der Waals surface area contributed by atoms with E-state index in [0.717, 1.165) is 16.5 Å². The fourth-order valence-electron chi connectivity index (χ4n) is 2.52. The van der Waals surface area contributed by atoms with E-state index in [-0.39, 0.29) is 17.0 Å². The number of carboxylic acid groups (broad SMARTS) is 1. The van der Waals surface area contributed by atoms with E-state index in [9.17, 15) is 13.2 Å². The van der Waals surface area contributed by atoms with Crippen LogP contribution in [0.4, 0.5) is 0 Å². The normalized spacial score (nSPS) is 11.7. The predicted octanol–water partition coefficient (Wildman–Crippen LogP) is 2.39. The number of sulfonamides is 1. The number of hydrogen-bond acceptors (Lipinski definition) is 3. The van der Waals surface area contributed by atoms with Crippen LogP contribution in [0.5, 0.6) is 0 Å². The molecular weight excluding hydrogens is 328 g/mol. The third-order valence-electron chi connectivity index (χ3n) is 3.77. The smallest absolute Gasteiger partial charge is 0.335 e. The summed E-state index contributed by atoms with van der Waals surface area (Å²) < 4.78 is 27.0. The standard InChI is InChI=1S/C17H16N2O4S/c20-17(21)12-5-7-14(8-6-12)24(22,23)19-10-9-13-11-18-16-4-2-1-3-15(13)16/h1-8,11,18-19H,9-10H2,(H,20,21). The molecule has 0 aliphatic heterocycles. The fourth-order valence-corrected chi connectivity index (χ4v) is 3.55. The van der Waals surface area contributed by atoms with Crippen LogP contribution in [0.15, 0.2) is 59.6 Å². The molecule has 0 aliphatic rings. The van der Waals surface area contributed by atoms with Gasteiger partial charge in [0.05, 0.1) is 10.5 Å². The van der Waals surface area contributed by atoms with Gasteiger partial charge < -0.3 is 10.1 Å². The van der Waals surface area contributed by atoms with Crippen molar-refractivity contribution in [1.29, 1.82) is 0 Å². The lowest BCUT2D eigenvalue weighted by Gasteiger charge is -2.07. The van der Waals surface area contributed by atoms with Gasteiger partial charge in [0.1, 0.15) is 0 Å². The zero-order chi connectivity index (χ0) is 17.2. The van der Waals surface area contributed by atoms with E-state index < -0.39 is 16.0 Å². The highest BCUT2D eigenvalue weighted by Crippen LogP contribution is 2.18. The summed E-state index contributed by atoms with van der Waals surface area (Å²) in [5, 5.41) is 9.92. The largest absolute Gasteiger partial charge is 0.478 e. The highest BCUT2D eigenvalue weighted by molar-refractivity contribution is 7.89. The molecule has 0 spiro atoms. The summed E-state index contributed by atoms with van der Waals surface area (Å²) in [6.07, 6.45) is 2.43. The third-order valence-corrected chi connectivity index (χ3v) is 5.25. The molecule has 24 heavy (non-hydrogen) atoms. The minimum absolute atomic E-state index is 0.0476. The predicted molar refractivity (Wildman–Crippen MR) is 90.6 cm³/mol. The van der Waals surface area contributed by atoms with Crippen LogP contribution in [-0.2, 0) is 16.4 Å². The summed E-state index contributed by atoms with van der Waals surface area (Å²) in [6, 6.07) is 13.0. The zero-order valence-electron chi connectivity index (χ0n) is 12.7. The summed E-state index contributed by atoms with van der Waals surface area (Å²) in [5.41, 5.74) is 2.10. The van der Waals surface area contributed by atoms with Crippen LogP contribution in [0.3, 0.4) is 0 Å². The maximum Gasteiger partial charge on any atom is 0.335 e. The molecule has 3 N–H and O–H groups in total. The minimum Gasteiger partial charge on any atom is -0.478 e. The molecule has 0 saturated carbocycles. The van der Waals surface area contributed by atoms with E-state index in [1.54, 1.807) is 0 Å². The molecule has 1 heterocycles.